The number of anilines is 1. The molecule has 0 aliphatic heterocycles. The maximum atomic E-state index is 12.3. The highest BCUT2D eigenvalue weighted by atomic mass is 16.1. The molecule has 0 unspecified atom stereocenters. The average Bonchev–Trinajstić information content (AvgIpc) is 3.05. The number of rotatable bonds is 4. The van der Waals surface area contributed by atoms with E-state index in [-0.39, 0.29) is 5.56 Å². The van der Waals surface area contributed by atoms with E-state index in [1.165, 1.54) is 21.7 Å². The second-order valence-corrected chi connectivity index (χ2v) is 5.83. The third-order valence-electron chi connectivity index (χ3n) is 4.11. The van der Waals surface area contributed by atoms with Crippen molar-refractivity contribution in [2.45, 2.75) is 13.5 Å². The van der Waals surface area contributed by atoms with E-state index in [1.807, 2.05) is 42.5 Å². The van der Waals surface area contributed by atoms with Crippen LogP contribution in [0.4, 0.5) is 5.95 Å². The van der Waals surface area contributed by atoms with Crippen LogP contribution in [0, 0.1) is 6.92 Å². The van der Waals surface area contributed by atoms with Crippen LogP contribution in [0.5, 0.6) is 0 Å². The van der Waals surface area contributed by atoms with Crippen LogP contribution in [-0.2, 0) is 6.54 Å². The first-order valence-electron chi connectivity index (χ1n) is 8.04. The quantitative estimate of drug-likeness (QED) is 0.603. The third kappa shape index (κ3) is 3.01. The van der Waals surface area contributed by atoms with Crippen molar-refractivity contribution in [2.24, 2.45) is 0 Å². The van der Waals surface area contributed by atoms with Crippen LogP contribution in [0.2, 0.25) is 0 Å². The Bertz CT molecular complexity index is 1080. The molecule has 0 atom stereocenters. The number of aromatic nitrogens is 4. The van der Waals surface area contributed by atoms with Crippen LogP contribution < -0.4 is 10.9 Å². The van der Waals surface area contributed by atoms with Crippen LogP contribution in [0.1, 0.15) is 11.1 Å². The second kappa shape index (κ2) is 6.24. The largest absolute Gasteiger partial charge is 0.351 e. The molecule has 0 radical (unpaired) electrons. The summed E-state index contributed by atoms with van der Waals surface area (Å²) in [5.74, 6) is 0.858. The number of nitrogens with one attached hydrogen (secondary N) is 2. The Morgan fingerprint density at radius 1 is 1.04 bits per heavy atom. The summed E-state index contributed by atoms with van der Waals surface area (Å²) < 4.78 is 1.34. The molecule has 0 bridgehead atoms. The van der Waals surface area contributed by atoms with Crippen molar-refractivity contribution >= 4 is 11.7 Å². The van der Waals surface area contributed by atoms with Crippen molar-refractivity contribution in [3.05, 3.63) is 82.1 Å². The maximum Gasteiger partial charge on any atom is 0.274 e. The SMILES string of the molecule is Cc1ccccc1CNc1nc2nc(-c3ccccc3)cc(=O)n2[nH]1. The molecule has 6 heteroatoms. The number of nitrogens with zero attached hydrogens (tertiary/aromatic N) is 3. The Morgan fingerprint density at radius 3 is 2.60 bits per heavy atom. The predicted molar refractivity (Wildman–Crippen MR) is 97.5 cm³/mol. The first-order chi connectivity index (χ1) is 12.2. The Kier molecular flexibility index (Phi) is 3.78. The number of hydrogen-bond acceptors (Lipinski definition) is 4. The van der Waals surface area contributed by atoms with Gasteiger partial charge in [-0.05, 0) is 18.1 Å². The first-order valence-corrected chi connectivity index (χ1v) is 8.04. The highest BCUT2D eigenvalue weighted by Crippen LogP contribution is 2.15. The zero-order valence-corrected chi connectivity index (χ0v) is 13.7. The molecule has 6 nitrogen and oxygen atoms in total. The predicted octanol–water partition coefficient (Wildman–Crippen LogP) is 3.01. The lowest BCUT2D eigenvalue weighted by Crippen LogP contribution is -2.14. The van der Waals surface area contributed by atoms with E-state index in [1.54, 1.807) is 0 Å². The van der Waals surface area contributed by atoms with Gasteiger partial charge < -0.3 is 5.32 Å². The van der Waals surface area contributed by atoms with Gasteiger partial charge >= 0.3 is 0 Å². The van der Waals surface area contributed by atoms with Gasteiger partial charge in [0.25, 0.3) is 11.3 Å². The minimum Gasteiger partial charge on any atom is -0.351 e. The Morgan fingerprint density at radius 2 is 1.80 bits per heavy atom. The van der Waals surface area contributed by atoms with Gasteiger partial charge in [0.1, 0.15) is 0 Å². The average molecular weight is 331 g/mol. The highest BCUT2D eigenvalue weighted by Gasteiger charge is 2.09. The third-order valence-corrected chi connectivity index (χ3v) is 4.11. The second-order valence-electron chi connectivity index (χ2n) is 5.83. The molecule has 0 fully saturated rings. The molecule has 0 saturated heterocycles. The van der Waals surface area contributed by atoms with E-state index < -0.39 is 0 Å². The summed E-state index contributed by atoms with van der Waals surface area (Å²) in [6, 6.07) is 19.2. The standard InChI is InChI=1S/C19H17N5O/c1-13-7-5-6-10-15(13)12-20-18-22-19-21-16(11-17(25)24(19)23-18)14-8-3-2-4-9-14/h2-11H,12H2,1H3,(H2,20,21,22,23). The van der Waals surface area contributed by atoms with Gasteiger partial charge in [0.15, 0.2) is 0 Å². The van der Waals surface area contributed by atoms with E-state index in [0.717, 1.165) is 5.56 Å². The maximum absolute atomic E-state index is 12.3. The molecule has 2 heterocycles. The van der Waals surface area contributed by atoms with Crippen molar-refractivity contribution in [3.63, 3.8) is 0 Å². The fourth-order valence-electron chi connectivity index (χ4n) is 2.70. The topological polar surface area (TPSA) is 75.1 Å². The van der Waals surface area contributed by atoms with Crippen molar-refractivity contribution in [2.75, 3.05) is 5.32 Å². The molecule has 2 N–H and O–H groups in total. The normalized spacial score (nSPS) is 10.9. The Labute approximate surface area is 144 Å². The summed E-state index contributed by atoms with van der Waals surface area (Å²) in [6.07, 6.45) is 0. The van der Waals surface area contributed by atoms with Crippen LogP contribution in [-0.4, -0.2) is 19.6 Å². The Hall–Kier alpha value is -3.41. The summed E-state index contributed by atoms with van der Waals surface area (Å²) in [5, 5.41) is 6.16. The van der Waals surface area contributed by atoms with E-state index in [9.17, 15) is 4.79 Å². The zero-order chi connectivity index (χ0) is 17.2. The monoisotopic (exact) mass is 331 g/mol. The number of hydrogen-bond donors (Lipinski definition) is 2. The molecule has 0 aliphatic rings. The van der Waals surface area contributed by atoms with E-state index in [4.69, 9.17) is 0 Å². The number of aromatic amines is 1. The van der Waals surface area contributed by atoms with Crippen LogP contribution in [0.15, 0.2) is 65.5 Å². The summed E-state index contributed by atoms with van der Waals surface area (Å²) >= 11 is 0. The van der Waals surface area contributed by atoms with Crippen LogP contribution in [0.25, 0.3) is 17.0 Å². The summed E-state index contributed by atoms with van der Waals surface area (Å²) in [4.78, 5) is 21.2. The van der Waals surface area contributed by atoms with Crippen LogP contribution in [0.3, 0.4) is 0 Å². The lowest BCUT2D eigenvalue weighted by molar-refractivity contribution is 0.896. The molecule has 2 aromatic heterocycles. The van der Waals surface area contributed by atoms with Gasteiger partial charge in [-0.25, -0.2) is 4.98 Å². The molecule has 0 saturated carbocycles. The van der Waals surface area contributed by atoms with Gasteiger partial charge in [0.2, 0.25) is 5.95 Å². The van der Waals surface area contributed by atoms with E-state index >= 15 is 0 Å². The van der Waals surface area contributed by atoms with Crippen molar-refractivity contribution < 1.29 is 0 Å². The molecule has 0 spiro atoms. The van der Waals surface area contributed by atoms with Gasteiger partial charge in [-0.2, -0.15) is 9.50 Å². The van der Waals surface area contributed by atoms with Crippen molar-refractivity contribution in [1.82, 2.24) is 19.6 Å². The molecule has 2 aromatic carbocycles. The van der Waals surface area contributed by atoms with Gasteiger partial charge in [-0.3, -0.25) is 9.89 Å². The molecule has 0 aliphatic carbocycles. The smallest absolute Gasteiger partial charge is 0.274 e. The minimum atomic E-state index is -0.194. The molecule has 124 valence electrons. The van der Waals surface area contributed by atoms with E-state index in [0.29, 0.717) is 24.0 Å². The molecule has 4 rings (SSSR count). The van der Waals surface area contributed by atoms with Gasteiger partial charge in [-0.15, -0.1) is 0 Å². The van der Waals surface area contributed by atoms with Crippen molar-refractivity contribution in [1.29, 1.82) is 0 Å². The van der Waals surface area contributed by atoms with Crippen LogP contribution >= 0.6 is 0 Å². The van der Waals surface area contributed by atoms with Gasteiger partial charge in [0, 0.05) is 18.2 Å². The summed E-state index contributed by atoms with van der Waals surface area (Å²) in [5.41, 5.74) is 3.68. The molecular formula is C19H17N5O. The molecule has 25 heavy (non-hydrogen) atoms. The highest BCUT2D eigenvalue weighted by molar-refractivity contribution is 5.60. The molecule has 4 aromatic rings. The van der Waals surface area contributed by atoms with E-state index in [2.05, 4.69) is 39.4 Å². The number of fused-ring (bicyclic) bond motifs is 1. The summed E-state index contributed by atoms with van der Waals surface area (Å²) in [6.45, 7) is 2.68. The lowest BCUT2D eigenvalue weighted by Gasteiger charge is -2.05. The minimum absolute atomic E-state index is 0.194. The zero-order valence-electron chi connectivity index (χ0n) is 13.7. The summed E-state index contributed by atoms with van der Waals surface area (Å²) in [7, 11) is 0. The number of H-pyrrole nitrogens is 1. The fourth-order valence-corrected chi connectivity index (χ4v) is 2.70. The molecule has 0 amide bonds. The lowest BCUT2D eigenvalue weighted by atomic mass is 10.1. The fraction of sp³-hybridized carbons (Fsp3) is 0.105. The number of benzene rings is 2. The molecular weight excluding hydrogens is 314 g/mol. The Balaban J connectivity index is 1.65. The van der Waals surface area contributed by atoms with Gasteiger partial charge in [-0.1, -0.05) is 54.6 Å². The first kappa shape index (κ1) is 15.1. The number of aryl methyl sites for hydroxylation is 1. The van der Waals surface area contributed by atoms with Crippen molar-refractivity contribution in [3.8, 4) is 11.3 Å². The van der Waals surface area contributed by atoms with Gasteiger partial charge in [0.05, 0.1) is 5.69 Å².